The Morgan fingerprint density at radius 1 is 1.52 bits per heavy atom. The maximum Gasteiger partial charge on any atom is 0.221 e. The SMILES string of the molecule is CCCNC(=O)CCn1c(C(C)Cl)nc2cc(C)cnc21. The van der Waals surface area contributed by atoms with E-state index in [2.05, 4.69) is 15.3 Å². The molecule has 1 unspecified atom stereocenters. The monoisotopic (exact) mass is 308 g/mol. The van der Waals surface area contributed by atoms with Crippen molar-refractivity contribution in [3.63, 3.8) is 0 Å². The van der Waals surface area contributed by atoms with E-state index in [4.69, 9.17) is 11.6 Å². The van der Waals surface area contributed by atoms with Crippen LogP contribution in [0.15, 0.2) is 12.3 Å². The van der Waals surface area contributed by atoms with Gasteiger partial charge in [0.15, 0.2) is 5.65 Å². The first-order valence-electron chi connectivity index (χ1n) is 7.26. The molecule has 5 nitrogen and oxygen atoms in total. The largest absolute Gasteiger partial charge is 0.356 e. The van der Waals surface area contributed by atoms with Crippen LogP contribution in [0.1, 0.15) is 43.5 Å². The Hall–Kier alpha value is -1.62. The quantitative estimate of drug-likeness (QED) is 0.835. The van der Waals surface area contributed by atoms with E-state index in [9.17, 15) is 4.79 Å². The topological polar surface area (TPSA) is 59.8 Å². The fourth-order valence-corrected chi connectivity index (χ4v) is 2.39. The number of aryl methyl sites for hydroxylation is 2. The van der Waals surface area contributed by atoms with Gasteiger partial charge in [0.25, 0.3) is 0 Å². The number of nitrogens with zero attached hydrogens (tertiary/aromatic N) is 3. The fourth-order valence-electron chi connectivity index (χ4n) is 2.22. The molecule has 2 aromatic heterocycles. The van der Waals surface area contributed by atoms with E-state index in [1.165, 1.54) is 0 Å². The Morgan fingerprint density at radius 3 is 2.95 bits per heavy atom. The third-order valence-corrected chi connectivity index (χ3v) is 3.44. The molecule has 0 aliphatic rings. The van der Waals surface area contributed by atoms with Gasteiger partial charge >= 0.3 is 0 Å². The van der Waals surface area contributed by atoms with Crippen LogP contribution in [0.25, 0.3) is 11.2 Å². The maximum absolute atomic E-state index is 11.8. The van der Waals surface area contributed by atoms with Crippen molar-refractivity contribution in [1.82, 2.24) is 19.9 Å². The number of carbonyl (C=O) groups excluding carboxylic acids is 1. The van der Waals surface area contributed by atoms with Crippen molar-refractivity contribution in [2.24, 2.45) is 0 Å². The number of aromatic nitrogens is 3. The first-order valence-corrected chi connectivity index (χ1v) is 7.70. The van der Waals surface area contributed by atoms with E-state index >= 15 is 0 Å². The van der Waals surface area contributed by atoms with E-state index in [1.54, 1.807) is 6.20 Å². The summed E-state index contributed by atoms with van der Waals surface area (Å²) >= 11 is 6.21. The van der Waals surface area contributed by atoms with Crippen molar-refractivity contribution in [2.45, 2.75) is 45.5 Å². The maximum atomic E-state index is 11.8. The second-order valence-electron chi connectivity index (χ2n) is 5.19. The third kappa shape index (κ3) is 3.73. The van der Waals surface area contributed by atoms with Crippen molar-refractivity contribution in [3.05, 3.63) is 23.7 Å². The zero-order valence-electron chi connectivity index (χ0n) is 12.7. The number of carbonyl (C=O) groups is 1. The minimum absolute atomic E-state index is 0.0407. The first-order chi connectivity index (χ1) is 10.0. The lowest BCUT2D eigenvalue weighted by Crippen LogP contribution is -2.25. The van der Waals surface area contributed by atoms with Gasteiger partial charge in [0, 0.05) is 25.7 Å². The van der Waals surface area contributed by atoms with Gasteiger partial charge < -0.3 is 9.88 Å². The Morgan fingerprint density at radius 2 is 2.29 bits per heavy atom. The molecule has 1 amide bonds. The molecule has 0 radical (unpaired) electrons. The van der Waals surface area contributed by atoms with Gasteiger partial charge in [-0.3, -0.25) is 4.79 Å². The summed E-state index contributed by atoms with van der Waals surface area (Å²) in [7, 11) is 0. The Kier molecular flexibility index (Phi) is 5.17. The molecule has 2 rings (SSSR count). The van der Waals surface area contributed by atoms with Crippen LogP contribution in [0.5, 0.6) is 0 Å². The highest BCUT2D eigenvalue weighted by Gasteiger charge is 2.16. The summed E-state index contributed by atoms with van der Waals surface area (Å²) in [6.45, 7) is 7.13. The van der Waals surface area contributed by atoms with Gasteiger partial charge in [-0.2, -0.15) is 0 Å². The van der Waals surface area contributed by atoms with Crippen LogP contribution >= 0.6 is 11.6 Å². The summed E-state index contributed by atoms with van der Waals surface area (Å²) < 4.78 is 1.94. The van der Waals surface area contributed by atoms with Gasteiger partial charge in [0.2, 0.25) is 5.91 Å². The number of imidazole rings is 1. The van der Waals surface area contributed by atoms with E-state index in [0.717, 1.165) is 29.0 Å². The molecular formula is C15H21ClN4O. The number of amides is 1. The lowest BCUT2D eigenvalue weighted by atomic mass is 10.3. The van der Waals surface area contributed by atoms with Crippen molar-refractivity contribution in [3.8, 4) is 0 Å². The molecule has 0 aliphatic heterocycles. The molecular weight excluding hydrogens is 288 g/mol. The number of rotatable bonds is 6. The number of pyridine rings is 1. The molecule has 1 atom stereocenters. The van der Waals surface area contributed by atoms with Crippen LogP contribution < -0.4 is 5.32 Å². The van der Waals surface area contributed by atoms with Crippen molar-refractivity contribution in [2.75, 3.05) is 6.54 Å². The Bertz CT molecular complexity index is 636. The van der Waals surface area contributed by atoms with Crippen molar-refractivity contribution < 1.29 is 4.79 Å². The molecule has 0 aliphatic carbocycles. The summed E-state index contributed by atoms with van der Waals surface area (Å²) in [6, 6.07) is 1.98. The van der Waals surface area contributed by atoms with Crippen molar-refractivity contribution in [1.29, 1.82) is 0 Å². The van der Waals surface area contributed by atoms with Gasteiger partial charge in [-0.1, -0.05) is 6.92 Å². The van der Waals surface area contributed by atoms with Crippen molar-refractivity contribution >= 4 is 28.7 Å². The van der Waals surface area contributed by atoms with Gasteiger partial charge in [0.05, 0.1) is 5.38 Å². The number of alkyl halides is 1. The Balaban J connectivity index is 2.24. The lowest BCUT2D eigenvalue weighted by molar-refractivity contribution is -0.121. The molecule has 1 N–H and O–H groups in total. The normalized spacial score (nSPS) is 12.6. The Labute approximate surface area is 129 Å². The number of hydrogen-bond donors (Lipinski definition) is 1. The van der Waals surface area contributed by atoms with E-state index < -0.39 is 0 Å². The van der Waals surface area contributed by atoms with E-state index in [0.29, 0.717) is 19.5 Å². The van der Waals surface area contributed by atoms with Gasteiger partial charge in [-0.25, -0.2) is 9.97 Å². The smallest absolute Gasteiger partial charge is 0.221 e. The lowest BCUT2D eigenvalue weighted by Gasteiger charge is -2.10. The molecule has 2 heterocycles. The minimum atomic E-state index is -0.224. The zero-order valence-corrected chi connectivity index (χ0v) is 13.4. The summed E-state index contributed by atoms with van der Waals surface area (Å²) in [4.78, 5) is 20.8. The van der Waals surface area contributed by atoms with E-state index in [-0.39, 0.29) is 11.3 Å². The molecule has 21 heavy (non-hydrogen) atoms. The van der Waals surface area contributed by atoms with Crippen LogP contribution in [-0.2, 0) is 11.3 Å². The highest BCUT2D eigenvalue weighted by atomic mass is 35.5. The fraction of sp³-hybridized carbons (Fsp3) is 0.533. The predicted molar refractivity (Wildman–Crippen MR) is 84.5 cm³/mol. The van der Waals surface area contributed by atoms with Crippen LogP contribution in [0.4, 0.5) is 0 Å². The highest BCUT2D eigenvalue weighted by Crippen LogP contribution is 2.24. The van der Waals surface area contributed by atoms with Crippen LogP contribution in [-0.4, -0.2) is 27.0 Å². The summed E-state index contributed by atoms with van der Waals surface area (Å²) in [5.74, 6) is 0.798. The second-order valence-corrected chi connectivity index (χ2v) is 5.85. The molecule has 0 fully saturated rings. The minimum Gasteiger partial charge on any atom is -0.356 e. The summed E-state index contributed by atoms with van der Waals surface area (Å²) in [6.07, 6.45) is 3.14. The van der Waals surface area contributed by atoms with E-state index in [1.807, 2.05) is 31.4 Å². The van der Waals surface area contributed by atoms with Gasteiger partial charge in [-0.15, -0.1) is 11.6 Å². The van der Waals surface area contributed by atoms with Crippen LogP contribution in [0, 0.1) is 6.92 Å². The molecule has 0 bridgehead atoms. The first kappa shape index (κ1) is 15.8. The average Bonchev–Trinajstić information content (AvgIpc) is 2.80. The van der Waals surface area contributed by atoms with Gasteiger partial charge in [0.1, 0.15) is 11.3 Å². The molecule has 0 saturated heterocycles. The molecule has 2 aromatic rings. The average molecular weight is 309 g/mol. The third-order valence-electron chi connectivity index (χ3n) is 3.24. The number of fused-ring (bicyclic) bond motifs is 1. The number of nitrogens with one attached hydrogen (secondary N) is 1. The molecule has 6 heteroatoms. The zero-order chi connectivity index (χ0) is 15.4. The van der Waals surface area contributed by atoms with Gasteiger partial charge in [-0.05, 0) is 31.9 Å². The second kappa shape index (κ2) is 6.89. The molecule has 0 spiro atoms. The summed E-state index contributed by atoms with van der Waals surface area (Å²) in [5, 5.41) is 2.65. The number of hydrogen-bond acceptors (Lipinski definition) is 3. The predicted octanol–water partition coefficient (Wildman–Crippen LogP) is 2.96. The van der Waals surface area contributed by atoms with Crippen LogP contribution in [0.2, 0.25) is 0 Å². The highest BCUT2D eigenvalue weighted by molar-refractivity contribution is 6.20. The molecule has 114 valence electrons. The molecule has 0 aromatic carbocycles. The van der Waals surface area contributed by atoms with Crippen LogP contribution in [0.3, 0.4) is 0 Å². The number of halogens is 1. The summed E-state index contributed by atoms with van der Waals surface area (Å²) in [5.41, 5.74) is 2.67. The molecule has 0 saturated carbocycles. The standard InChI is InChI=1S/C15H21ClN4O/c1-4-6-17-13(21)5-7-20-14(11(3)16)19-12-8-10(2)9-18-15(12)20/h8-9,11H,4-7H2,1-3H3,(H,17,21).